The Morgan fingerprint density at radius 3 is 2.65 bits per heavy atom. The highest BCUT2D eigenvalue weighted by molar-refractivity contribution is 6.33. The largest absolute Gasteiger partial charge is 0.340 e. The molecule has 0 saturated heterocycles. The van der Waals surface area contributed by atoms with Crippen LogP contribution in [0.2, 0.25) is 5.02 Å². The van der Waals surface area contributed by atoms with Crippen molar-refractivity contribution in [3.63, 3.8) is 0 Å². The van der Waals surface area contributed by atoms with Crippen LogP contribution in [0.25, 0.3) is 11.3 Å². The van der Waals surface area contributed by atoms with Crippen molar-refractivity contribution in [3.05, 3.63) is 41.0 Å². The van der Waals surface area contributed by atoms with Crippen LogP contribution in [0.3, 0.4) is 0 Å². The van der Waals surface area contributed by atoms with Crippen molar-refractivity contribution in [2.45, 2.75) is 13.8 Å². The van der Waals surface area contributed by atoms with Crippen molar-refractivity contribution in [3.8, 4) is 11.3 Å². The Morgan fingerprint density at radius 1 is 1.39 bits per heavy atom. The lowest BCUT2D eigenvalue weighted by atomic mass is 9.93. The van der Waals surface area contributed by atoms with Crippen LogP contribution in [0.4, 0.5) is 0 Å². The van der Waals surface area contributed by atoms with Gasteiger partial charge in [0.25, 0.3) is 5.91 Å². The Labute approximate surface area is 147 Å². The number of aromatic amines is 1. The fourth-order valence-corrected chi connectivity index (χ4v) is 2.45. The number of carbonyl (C=O) groups is 1. The van der Waals surface area contributed by atoms with Crippen molar-refractivity contribution in [1.29, 1.82) is 0 Å². The Balaban J connectivity index is 0.00000264. The summed E-state index contributed by atoms with van der Waals surface area (Å²) in [4.78, 5) is 14.1. The lowest BCUT2D eigenvalue weighted by molar-refractivity contribution is 0.0734. The predicted molar refractivity (Wildman–Crippen MR) is 96.1 cm³/mol. The van der Waals surface area contributed by atoms with Crippen LogP contribution in [-0.4, -0.2) is 41.1 Å². The minimum Gasteiger partial charge on any atom is -0.340 e. The second kappa shape index (κ2) is 7.81. The summed E-state index contributed by atoms with van der Waals surface area (Å²) in [6.45, 7) is 5.14. The summed E-state index contributed by atoms with van der Waals surface area (Å²) in [6.07, 6.45) is 0. The van der Waals surface area contributed by atoms with E-state index >= 15 is 0 Å². The van der Waals surface area contributed by atoms with Crippen molar-refractivity contribution < 1.29 is 4.79 Å². The van der Waals surface area contributed by atoms with Gasteiger partial charge in [0, 0.05) is 19.2 Å². The second-order valence-corrected chi connectivity index (χ2v) is 6.58. The molecular weight excluding hydrogens is 335 g/mol. The fraction of sp³-hybridized carbons (Fsp3) is 0.375. The maximum Gasteiger partial charge on any atom is 0.271 e. The zero-order chi connectivity index (χ0) is 16.3. The van der Waals surface area contributed by atoms with E-state index in [1.807, 2.05) is 32.0 Å². The molecule has 3 N–H and O–H groups in total. The first-order valence-corrected chi connectivity index (χ1v) is 7.48. The Bertz CT molecular complexity index is 670. The quantitative estimate of drug-likeness (QED) is 0.863. The van der Waals surface area contributed by atoms with Crippen molar-refractivity contribution in [1.82, 2.24) is 15.1 Å². The molecule has 1 amide bonds. The fourth-order valence-electron chi connectivity index (χ4n) is 2.22. The van der Waals surface area contributed by atoms with Crippen LogP contribution < -0.4 is 5.73 Å². The molecule has 2 aromatic rings. The summed E-state index contributed by atoms with van der Waals surface area (Å²) in [5.74, 6) is -0.118. The summed E-state index contributed by atoms with van der Waals surface area (Å²) in [5.41, 5.74) is 7.47. The highest BCUT2D eigenvalue weighted by atomic mass is 35.5. The molecule has 1 aromatic carbocycles. The number of rotatable bonds is 5. The first-order chi connectivity index (χ1) is 10.3. The zero-order valence-corrected chi connectivity index (χ0v) is 15.0. The van der Waals surface area contributed by atoms with Gasteiger partial charge < -0.3 is 10.6 Å². The van der Waals surface area contributed by atoms with Crippen LogP contribution in [0, 0.1) is 5.41 Å². The molecule has 0 fully saturated rings. The van der Waals surface area contributed by atoms with Crippen molar-refractivity contribution in [2.75, 3.05) is 20.1 Å². The minimum absolute atomic E-state index is 0. The van der Waals surface area contributed by atoms with Crippen molar-refractivity contribution in [2.24, 2.45) is 11.1 Å². The lowest BCUT2D eigenvalue weighted by Gasteiger charge is -2.28. The molecule has 0 saturated carbocycles. The van der Waals surface area contributed by atoms with Gasteiger partial charge in [-0.05, 0) is 24.1 Å². The number of halogens is 2. The standard InChI is InChI=1S/C16H21ClN4O.ClH/c1-16(2,9-18)10-21(3)15(22)14-8-13(19-20-14)11-6-4-5-7-12(11)17;/h4-8H,9-10,18H2,1-3H3,(H,19,20);1H. The highest BCUT2D eigenvalue weighted by Gasteiger charge is 2.23. The smallest absolute Gasteiger partial charge is 0.271 e. The average Bonchev–Trinajstić information content (AvgIpc) is 2.96. The van der Waals surface area contributed by atoms with E-state index in [2.05, 4.69) is 10.2 Å². The van der Waals surface area contributed by atoms with Crippen LogP contribution in [-0.2, 0) is 0 Å². The third-order valence-electron chi connectivity index (χ3n) is 3.52. The molecular formula is C16H22Cl2N4O. The van der Waals surface area contributed by atoms with E-state index in [-0.39, 0.29) is 23.7 Å². The molecule has 7 heteroatoms. The normalized spacial score (nSPS) is 11.0. The lowest BCUT2D eigenvalue weighted by Crippen LogP contribution is -2.39. The molecule has 0 aliphatic rings. The van der Waals surface area contributed by atoms with Gasteiger partial charge in [-0.1, -0.05) is 43.6 Å². The van der Waals surface area contributed by atoms with Gasteiger partial charge in [-0.25, -0.2) is 0 Å². The maximum absolute atomic E-state index is 12.4. The summed E-state index contributed by atoms with van der Waals surface area (Å²) >= 11 is 6.15. The molecule has 5 nitrogen and oxygen atoms in total. The first-order valence-electron chi connectivity index (χ1n) is 7.10. The van der Waals surface area contributed by atoms with E-state index in [4.69, 9.17) is 17.3 Å². The maximum atomic E-state index is 12.4. The predicted octanol–water partition coefficient (Wildman–Crippen LogP) is 3.21. The monoisotopic (exact) mass is 356 g/mol. The number of nitrogens with one attached hydrogen (secondary N) is 1. The molecule has 0 aliphatic heterocycles. The highest BCUT2D eigenvalue weighted by Crippen LogP contribution is 2.26. The Morgan fingerprint density at radius 2 is 2.04 bits per heavy atom. The van der Waals surface area contributed by atoms with E-state index in [0.29, 0.717) is 29.5 Å². The SMILES string of the molecule is CN(CC(C)(C)CN)C(=O)c1cc(-c2ccccc2Cl)n[nH]1.Cl. The third-order valence-corrected chi connectivity index (χ3v) is 3.85. The number of nitrogens with zero attached hydrogens (tertiary/aromatic N) is 2. The summed E-state index contributed by atoms with van der Waals surface area (Å²) in [5, 5.41) is 7.57. The number of nitrogens with two attached hydrogens (primary N) is 1. The van der Waals surface area contributed by atoms with Gasteiger partial charge in [0.15, 0.2) is 0 Å². The summed E-state index contributed by atoms with van der Waals surface area (Å²) in [6, 6.07) is 9.12. The Kier molecular flexibility index (Phi) is 6.62. The van der Waals surface area contributed by atoms with E-state index in [1.165, 1.54) is 0 Å². The van der Waals surface area contributed by atoms with Crippen LogP contribution in [0.15, 0.2) is 30.3 Å². The number of H-pyrrole nitrogens is 1. The van der Waals surface area contributed by atoms with E-state index in [1.54, 1.807) is 24.1 Å². The van der Waals surface area contributed by atoms with Gasteiger partial charge in [0.1, 0.15) is 5.69 Å². The molecule has 0 bridgehead atoms. The zero-order valence-electron chi connectivity index (χ0n) is 13.5. The topological polar surface area (TPSA) is 75.0 Å². The van der Waals surface area contributed by atoms with Gasteiger partial charge in [-0.2, -0.15) is 5.10 Å². The second-order valence-electron chi connectivity index (χ2n) is 6.18. The van der Waals surface area contributed by atoms with Crippen LogP contribution in [0.1, 0.15) is 24.3 Å². The summed E-state index contributed by atoms with van der Waals surface area (Å²) in [7, 11) is 1.76. The molecule has 0 radical (unpaired) electrons. The molecule has 126 valence electrons. The minimum atomic E-state index is -0.129. The van der Waals surface area contributed by atoms with Gasteiger partial charge in [-0.15, -0.1) is 12.4 Å². The molecule has 2 rings (SSSR count). The number of hydrogen-bond acceptors (Lipinski definition) is 3. The van der Waals surface area contributed by atoms with Crippen molar-refractivity contribution >= 4 is 29.9 Å². The van der Waals surface area contributed by atoms with Gasteiger partial charge in [0.05, 0.1) is 10.7 Å². The number of benzene rings is 1. The van der Waals surface area contributed by atoms with E-state index < -0.39 is 0 Å². The van der Waals surface area contributed by atoms with Gasteiger partial charge in [-0.3, -0.25) is 9.89 Å². The first kappa shape index (κ1) is 19.5. The molecule has 0 unspecified atom stereocenters. The molecule has 0 atom stereocenters. The third kappa shape index (κ3) is 4.70. The van der Waals surface area contributed by atoms with Gasteiger partial charge in [0.2, 0.25) is 0 Å². The number of amides is 1. The molecule has 23 heavy (non-hydrogen) atoms. The van der Waals surface area contributed by atoms with Gasteiger partial charge >= 0.3 is 0 Å². The number of aromatic nitrogens is 2. The number of hydrogen-bond donors (Lipinski definition) is 2. The molecule has 0 spiro atoms. The number of carbonyl (C=O) groups excluding carboxylic acids is 1. The Hall–Kier alpha value is -1.56. The van der Waals surface area contributed by atoms with Crippen LogP contribution >= 0.6 is 24.0 Å². The summed E-state index contributed by atoms with van der Waals surface area (Å²) < 4.78 is 0. The molecule has 0 aliphatic carbocycles. The van der Waals surface area contributed by atoms with E-state index in [0.717, 1.165) is 5.56 Å². The van der Waals surface area contributed by atoms with Crippen LogP contribution in [0.5, 0.6) is 0 Å². The molecule has 1 aromatic heterocycles. The molecule has 1 heterocycles. The average molecular weight is 357 g/mol. The van der Waals surface area contributed by atoms with E-state index in [9.17, 15) is 4.79 Å².